The van der Waals surface area contributed by atoms with Crippen molar-refractivity contribution >= 4 is 11.0 Å². The van der Waals surface area contributed by atoms with Crippen molar-refractivity contribution in [1.82, 2.24) is 14.8 Å². The molecule has 1 aliphatic carbocycles. The van der Waals surface area contributed by atoms with Crippen LogP contribution in [0.15, 0.2) is 36.5 Å². The molecule has 6 nitrogen and oxygen atoms in total. The van der Waals surface area contributed by atoms with Gasteiger partial charge in [0.05, 0.1) is 18.0 Å². The van der Waals surface area contributed by atoms with Crippen LogP contribution >= 0.6 is 0 Å². The van der Waals surface area contributed by atoms with E-state index in [-0.39, 0.29) is 11.7 Å². The van der Waals surface area contributed by atoms with E-state index in [9.17, 15) is 23.4 Å². The number of pyridine rings is 1. The highest BCUT2D eigenvalue weighted by Crippen LogP contribution is 2.41. The van der Waals surface area contributed by atoms with Crippen molar-refractivity contribution in [2.75, 3.05) is 6.61 Å². The maximum atomic E-state index is 12.4. The molecule has 0 bridgehead atoms. The first-order valence-electron chi connectivity index (χ1n) is 8.90. The lowest BCUT2D eigenvalue weighted by Crippen LogP contribution is -2.17. The van der Waals surface area contributed by atoms with Gasteiger partial charge in [-0.05, 0) is 48.7 Å². The van der Waals surface area contributed by atoms with Gasteiger partial charge in [-0.2, -0.15) is 5.10 Å². The molecule has 4 rings (SSSR count). The molecule has 1 atom stereocenters. The van der Waals surface area contributed by atoms with Crippen LogP contribution in [0, 0.1) is 0 Å². The van der Waals surface area contributed by atoms with Crippen molar-refractivity contribution in [3.05, 3.63) is 47.8 Å². The van der Waals surface area contributed by atoms with Gasteiger partial charge in [-0.3, -0.25) is 0 Å². The second kappa shape index (κ2) is 7.06. The summed E-state index contributed by atoms with van der Waals surface area (Å²) in [5, 5.41) is 24.9. The molecule has 0 radical (unpaired) electrons. The number of nitrogens with zero attached hydrogens (tertiary/aromatic N) is 3. The molecule has 2 heterocycles. The van der Waals surface area contributed by atoms with E-state index in [0.717, 1.165) is 25.0 Å². The number of alkyl halides is 3. The van der Waals surface area contributed by atoms with Gasteiger partial charge < -0.3 is 14.9 Å². The van der Waals surface area contributed by atoms with Crippen molar-refractivity contribution in [3.63, 3.8) is 0 Å². The number of aliphatic hydroxyl groups excluding tert-OH is 2. The molecule has 1 unspecified atom stereocenters. The number of benzene rings is 1. The summed E-state index contributed by atoms with van der Waals surface area (Å²) < 4.78 is 42.6. The van der Waals surface area contributed by atoms with Gasteiger partial charge in [0, 0.05) is 17.5 Å². The molecule has 1 aromatic carbocycles. The van der Waals surface area contributed by atoms with Crippen molar-refractivity contribution in [3.8, 4) is 11.4 Å². The molecule has 1 saturated carbocycles. The highest BCUT2D eigenvalue weighted by molar-refractivity contribution is 5.84. The highest BCUT2D eigenvalue weighted by Gasteiger charge is 2.31. The minimum absolute atomic E-state index is 0.227. The van der Waals surface area contributed by atoms with Gasteiger partial charge >= 0.3 is 6.36 Å². The minimum Gasteiger partial charge on any atom is -0.406 e. The van der Waals surface area contributed by atoms with E-state index in [0.29, 0.717) is 22.3 Å². The molecular formula is C19H18F3N3O3. The van der Waals surface area contributed by atoms with Gasteiger partial charge in [0.2, 0.25) is 0 Å². The molecule has 0 amide bonds. The Labute approximate surface area is 158 Å². The Hall–Kier alpha value is -2.65. The summed E-state index contributed by atoms with van der Waals surface area (Å²) in [5.74, 6) is -0.0956. The largest absolute Gasteiger partial charge is 0.573 e. The smallest absolute Gasteiger partial charge is 0.406 e. The SMILES string of the molecule is OCC(O)c1ccnc2c1c(C1CCC1)nn2-c1ccc(OC(F)(F)F)cc1. The first kappa shape index (κ1) is 18.7. The number of halogens is 3. The van der Waals surface area contributed by atoms with Gasteiger partial charge in [-0.15, -0.1) is 13.2 Å². The third-order valence-electron chi connectivity index (χ3n) is 4.97. The molecule has 3 aromatic rings. The third-order valence-corrected chi connectivity index (χ3v) is 4.97. The van der Waals surface area contributed by atoms with Crippen LogP contribution in [-0.2, 0) is 0 Å². The van der Waals surface area contributed by atoms with E-state index in [1.165, 1.54) is 30.5 Å². The number of rotatable bonds is 5. The van der Waals surface area contributed by atoms with E-state index >= 15 is 0 Å². The summed E-state index contributed by atoms with van der Waals surface area (Å²) in [7, 11) is 0. The molecule has 2 aromatic heterocycles. The zero-order valence-electron chi connectivity index (χ0n) is 14.7. The Morgan fingerprint density at radius 3 is 2.46 bits per heavy atom. The van der Waals surface area contributed by atoms with E-state index in [2.05, 4.69) is 14.8 Å². The van der Waals surface area contributed by atoms with Crippen molar-refractivity contribution in [2.45, 2.75) is 37.6 Å². The summed E-state index contributed by atoms with van der Waals surface area (Å²) in [4.78, 5) is 4.37. The average molecular weight is 393 g/mol. The van der Waals surface area contributed by atoms with Crippen LogP contribution in [0.5, 0.6) is 5.75 Å². The Bertz CT molecular complexity index is 982. The Balaban J connectivity index is 1.81. The zero-order chi connectivity index (χ0) is 19.9. The fourth-order valence-corrected chi connectivity index (χ4v) is 3.41. The molecule has 0 saturated heterocycles. The third kappa shape index (κ3) is 3.43. The number of aromatic nitrogens is 3. The molecular weight excluding hydrogens is 375 g/mol. The number of hydrogen-bond acceptors (Lipinski definition) is 5. The number of fused-ring (bicyclic) bond motifs is 1. The van der Waals surface area contributed by atoms with Crippen LogP contribution in [0.1, 0.15) is 42.5 Å². The monoisotopic (exact) mass is 393 g/mol. The zero-order valence-corrected chi connectivity index (χ0v) is 14.7. The maximum Gasteiger partial charge on any atom is 0.573 e. The molecule has 1 aliphatic rings. The number of hydrogen-bond donors (Lipinski definition) is 2. The second-order valence-electron chi connectivity index (χ2n) is 6.76. The van der Waals surface area contributed by atoms with Gasteiger partial charge in [-0.1, -0.05) is 6.42 Å². The molecule has 148 valence electrons. The standard InChI is InChI=1S/C19H18F3N3O3/c20-19(21,22)28-13-6-4-12(5-7-13)25-18-16(17(24-25)11-2-1-3-11)14(8-9-23-18)15(27)10-26/h4-9,11,15,26-27H,1-3,10H2. The fourth-order valence-electron chi connectivity index (χ4n) is 3.41. The fraction of sp³-hybridized carbons (Fsp3) is 0.368. The van der Waals surface area contributed by atoms with Gasteiger partial charge in [-0.25, -0.2) is 9.67 Å². The normalized spacial score (nSPS) is 16.2. The summed E-state index contributed by atoms with van der Waals surface area (Å²) in [6, 6.07) is 7.01. The van der Waals surface area contributed by atoms with Gasteiger partial charge in [0.1, 0.15) is 11.9 Å². The second-order valence-corrected chi connectivity index (χ2v) is 6.76. The van der Waals surface area contributed by atoms with Gasteiger partial charge in [0.15, 0.2) is 5.65 Å². The molecule has 28 heavy (non-hydrogen) atoms. The minimum atomic E-state index is -4.76. The first-order chi connectivity index (χ1) is 13.4. The summed E-state index contributed by atoms with van der Waals surface area (Å²) in [6.45, 7) is -0.433. The topological polar surface area (TPSA) is 80.4 Å². The lowest BCUT2D eigenvalue weighted by molar-refractivity contribution is -0.274. The Morgan fingerprint density at radius 2 is 1.89 bits per heavy atom. The Kier molecular flexibility index (Phi) is 4.72. The van der Waals surface area contributed by atoms with Crippen molar-refractivity contribution in [2.24, 2.45) is 0 Å². The first-order valence-corrected chi connectivity index (χ1v) is 8.90. The van der Waals surface area contributed by atoms with E-state index in [4.69, 9.17) is 0 Å². The summed E-state index contributed by atoms with van der Waals surface area (Å²) in [6.07, 6.45) is -1.29. The molecule has 0 aliphatic heterocycles. The van der Waals surface area contributed by atoms with Crippen LogP contribution < -0.4 is 4.74 Å². The number of aliphatic hydroxyl groups is 2. The summed E-state index contributed by atoms with van der Waals surface area (Å²) >= 11 is 0. The predicted molar refractivity (Wildman–Crippen MR) is 94.2 cm³/mol. The Morgan fingerprint density at radius 1 is 1.18 bits per heavy atom. The van der Waals surface area contributed by atoms with Crippen molar-refractivity contribution in [1.29, 1.82) is 0 Å². The van der Waals surface area contributed by atoms with Crippen molar-refractivity contribution < 1.29 is 28.1 Å². The quantitative estimate of drug-likeness (QED) is 0.692. The molecule has 2 N–H and O–H groups in total. The molecule has 9 heteroatoms. The van der Waals surface area contributed by atoms with Crippen LogP contribution in [-0.4, -0.2) is 37.9 Å². The lowest BCUT2D eigenvalue weighted by atomic mass is 9.81. The van der Waals surface area contributed by atoms with Crippen LogP contribution in [0.2, 0.25) is 0 Å². The van der Waals surface area contributed by atoms with Crippen LogP contribution in [0.4, 0.5) is 13.2 Å². The van der Waals surface area contributed by atoms with Crippen LogP contribution in [0.25, 0.3) is 16.7 Å². The van der Waals surface area contributed by atoms with Gasteiger partial charge in [0.25, 0.3) is 0 Å². The highest BCUT2D eigenvalue weighted by atomic mass is 19.4. The maximum absolute atomic E-state index is 12.4. The lowest BCUT2D eigenvalue weighted by Gasteiger charge is -2.24. The van der Waals surface area contributed by atoms with E-state index < -0.39 is 19.1 Å². The average Bonchev–Trinajstić information content (AvgIpc) is 2.98. The molecule has 0 spiro atoms. The summed E-state index contributed by atoms with van der Waals surface area (Å²) in [5.41, 5.74) is 2.33. The van der Waals surface area contributed by atoms with Crippen LogP contribution in [0.3, 0.4) is 0 Å². The van der Waals surface area contributed by atoms with E-state index in [1.807, 2.05) is 0 Å². The van der Waals surface area contributed by atoms with E-state index in [1.54, 1.807) is 10.7 Å². The number of ether oxygens (including phenoxy) is 1. The molecule has 1 fully saturated rings. The predicted octanol–water partition coefficient (Wildman–Crippen LogP) is 3.61.